The van der Waals surface area contributed by atoms with E-state index in [0.29, 0.717) is 17.0 Å². The molecule has 4 N–H and O–H groups in total. The molecule has 1 saturated heterocycles. The molecule has 9 heteroatoms. The average Bonchev–Trinajstić information content (AvgIpc) is 3.16. The van der Waals surface area contributed by atoms with Gasteiger partial charge in [0.15, 0.2) is 0 Å². The van der Waals surface area contributed by atoms with Gasteiger partial charge in [0.05, 0.1) is 5.56 Å². The molecule has 1 atom stereocenters. The highest BCUT2D eigenvalue weighted by Gasteiger charge is 2.39. The van der Waals surface area contributed by atoms with E-state index in [1.807, 2.05) is 13.8 Å². The van der Waals surface area contributed by atoms with Gasteiger partial charge >= 0.3 is 6.03 Å². The van der Waals surface area contributed by atoms with E-state index < -0.39 is 29.8 Å². The van der Waals surface area contributed by atoms with Crippen LogP contribution in [0.4, 0.5) is 9.80 Å². The van der Waals surface area contributed by atoms with E-state index in [9.17, 15) is 19.2 Å². The summed E-state index contributed by atoms with van der Waals surface area (Å²) < 4.78 is 0. The van der Waals surface area contributed by atoms with E-state index in [-0.39, 0.29) is 12.5 Å². The minimum atomic E-state index is -0.595. The van der Waals surface area contributed by atoms with Crippen molar-refractivity contribution in [3.63, 3.8) is 0 Å². The zero-order valence-electron chi connectivity index (χ0n) is 14.8. The molecular weight excluding hydrogens is 356 g/mol. The SMILES string of the molecule is CC(C)C[C@@H]1NC(=O)N(CC(=O)Nc2sc3c(c2C(N)=O)CCC3)C1=O. The molecule has 5 amide bonds. The summed E-state index contributed by atoms with van der Waals surface area (Å²) in [4.78, 5) is 50.4. The van der Waals surface area contributed by atoms with Crippen molar-refractivity contribution in [2.75, 3.05) is 11.9 Å². The number of rotatable bonds is 6. The fraction of sp³-hybridized carbons (Fsp3) is 0.529. The third-order valence-corrected chi connectivity index (χ3v) is 5.74. The van der Waals surface area contributed by atoms with Crippen LogP contribution in [0.5, 0.6) is 0 Å². The third-order valence-electron chi connectivity index (χ3n) is 4.54. The predicted molar refractivity (Wildman–Crippen MR) is 97.0 cm³/mol. The maximum Gasteiger partial charge on any atom is 0.325 e. The number of urea groups is 1. The molecule has 140 valence electrons. The molecule has 1 fully saturated rings. The summed E-state index contributed by atoms with van der Waals surface area (Å²) in [6.45, 7) is 3.52. The first-order valence-corrected chi connectivity index (χ1v) is 9.45. The van der Waals surface area contributed by atoms with E-state index in [1.165, 1.54) is 11.3 Å². The molecule has 3 rings (SSSR count). The number of thiophene rings is 1. The summed E-state index contributed by atoms with van der Waals surface area (Å²) in [6, 6.07) is -1.17. The Morgan fingerprint density at radius 2 is 2.08 bits per heavy atom. The summed E-state index contributed by atoms with van der Waals surface area (Å²) in [5.74, 6) is -1.26. The van der Waals surface area contributed by atoms with Crippen molar-refractivity contribution in [2.45, 2.75) is 45.6 Å². The van der Waals surface area contributed by atoms with E-state index in [1.54, 1.807) is 0 Å². The maximum absolute atomic E-state index is 12.4. The topological polar surface area (TPSA) is 122 Å². The molecule has 0 unspecified atom stereocenters. The number of anilines is 1. The van der Waals surface area contributed by atoms with E-state index in [0.717, 1.165) is 34.6 Å². The van der Waals surface area contributed by atoms with E-state index in [4.69, 9.17) is 5.73 Å². The number of fused-ring (bicyclic) bond motifs is 1. The Morgan fingerprint density at radius 1 is 1.35 bits per heavy atom. The number of imide groups is 1. The number of nitrogens with two attached hydrogens (primary N) is 1. The molecule has 2 heterocycles. The Balaban J connectivity index is 1.69. The second-order valence-corrected chi connectivity index (χ2v) is 8.14. The highest BCUT2D eigenvalue weighted by Crippen LogP contribution is 2.38. The molecule has 8 nitrogen and oxygen atoms in total. The summed E-state index contributed by atoms with van der Waals surface area (Å²) in [6.07, 6.45) is 3.12. The maximum atomic E-state index is 12.4. The van der Waals surface area contributed by atoms with Crippen LogP contribution >= 0.6 is 11.3 Å². The van der Waals surface area contributed by atoms with Crippen molar-refractivity contribution in [1.29, 1.82) is 0 Å². The van der Waals surface area contributed by atoms with Crippen molar-refractivity contribution in [3.05, 3.63) is 16.0 Å². The number of hydrogen-bond donors (Lipinski definition) is 3. The van der Waals surface area contributed by atoms with Crippen LogP contribution in [-0.4, -0.2) is 41.2 Å². The van der Waals surface area contributed by atoms with Crippen molar-refractivity contribution in [1.82, 2.24) is 10.2 Å². The number of nitrogens with zero attached hydrogens (tertiary/aromatic N) is 1. The summed E-state index contributed by atoms with van der Waals surface area (Å²) in [7, 11) is 0. The van der Waals surface area contributed by atoms with Crippen molar-refractivity contribution in [3.8, 4) is 0 Å². The lowest BCUT2D eigenvalue weighted by molar-refractivity contribution is -0.131. The number of amides is 5. The van der Waals surface area contributed by atoms with Gasteiger partial charge in [-0.3, -0.25) is 19.3 Å². The lowest BCUT2D eigenvalue weighted by Crippen LogP contribution is -2.38. The largest absolute Gasteiger partial charge is 0.365 e. The van der Waals surface area contributed by atoms with Gasteiger partial charge in [-0.2, -0.15) is 0 Å². The lowest BCUT2D eigenvalue weighted by atomic mass is 10.0. The van der Waals surface area contributed by atoms with E-state index >= 15 is 0 Å². The highest BCUT2D eigenvalue weighted by molar-refractivity contribution is 7.17. The van der Waals surface area contributed by atoms with Crippen LogP contribution in [0.3, 0.4) is 0 Å². The number of hydrogen-bond acceptors (Lipinski definition) is 5. The van der Waals surface area contributed by atoms with Gasteiger partial charge in [-0.15, -0.1) is 11.3 Å². The van der Waals surface area contributed by atoms with Crippen molar-refractivity contribution in [2.24, 2.45) is 11.7 Å². The van der Waals surface area contributed by atoms with Gasteiger partial charge in [0, 0.05) is 4.88 Å². The zero-order chi connectivity index (χ0) is 19.0. The fourth-order valence-corrected chi connectivity index (χ4v) is 4.73. The van der Waals surface area contributed by atoms with Gasteiger partial charge in [0.2, 0.25) is 5.91 Å². The quantitative estimate of drug-likeness (QED) is 0.645. The third kappa shape index (κ3) is 3.44. The Kier molecular flexibility index (Phi) is 4.99. The number of nitrogens with one attached hydrogen (secondary N) is 2. The van der Waals surface area contributed by atoms with Crippen LogP contribution in [0, 0.1) is 5.92 Å². The zero-order valence-corrected chi connectivity index (χ0v) is 15.6. The fourth-order valence-electron chi connectivity index (χ4n) is 3.42. The number of carbonyl (C=O) groups excluding carboxylic acids is 4. The van der Waals surface area contributed by atoms with E-state index in [2.05, 4.69) is 10.6 Å². The molecule has 1 aliphatic heterocycles. The molecule has 1 aromatic rings. The Labute approximate surface area is 155 Å². The first-order chi connectivity index (χ1) is 12.3. The van der Waals surface area contributed by atoms with Gasteiger partial charge in [-0.1, -0.05) is 13.8 Å². The summed E-state index contributed by atoms with van der Waals surface area (Å²) in [5, 5.41) is 5.65. The second kappa shape index (κ2) is 7.06. The summed E-state index contributed by atoms with van der Waals surface area (Å²) in [5.41, 5.74) is 6.73. The summed E-state index contributed by atoms with van der Waals surface area (Å²) >= 11 is 1.34. The number of aryl methyl sites for hydroxylation is 1. The lowest BCUT2D eigenvalue weighted by Gasteiger charge is -2.13. The first kappa shape index (κ1) is 18.4. The van der Waals surface area contributed by atoms with Crippen molar-refractivity contribution < 1.29 is 19.2 Å². The standard InChI is InChI=1S/C17H22N4O4S/c1-8(2)6-10-16(24)21(17(25)19-10)7-12(22)20-15-13(14(18)23)9-4-3-5-11(9)26-15/h8,10H,3-7H2,1-2H3,(H2,18,23)(H,19,25)(H,20,22)/t10-/m0/s1. The first-order valence-electron chi connectivity index (χ1n) is 8.64. The molecule has 1 aliphatic carbocycles. The molecule has 0 spiro atoms. The Hall–Kier alpha value is -2.42. The molecule has 0 radical (unpaired) electrons. The van der Waals surface area contributed by atoms with Crippen LogP contribution in [0.1, 0.15) is 47.5 Å². The highest BCUT2D eigenvalue weighted by atomic mass is 32.1. The second-order valence-electron chi connectivity index (χ2n) is 7.03. The smallest absolute Gasteiger partial charge is 0.325 e. The molecule has 0 saturated carbocycles. The van der Waals surface area contributed by atoms with Crippen LogP contribution in [0.2, 0.25) is 0 Å². The van der Waals surface area contributed by atoms with Gasteiger partial charge in [-0.25, -0.2) is 4.79 Å². The monoisotopic (exact) mass is 378 g/mol. The molecule has 0 aromatic carbocycles. The van der Waals surface area contributed by atoms with Gasteiger partial charge in [0.1, 0.15) is 17.6 Å². The van der Waals surface area contributed by atoms with Gasteiger partial charge in [-0.05, 0) is 37.2 Å². The molecule has 2 aliphatic rings. The van der Waals surface area contributed by atoms with Crippen LogP contribution in [0.25, 0.3) is 0 Å². The van der Waals surface area contributed by atoms with Gasteiger partial charge < -0.3 is 16.4 Å². The average molecular weight is 378 g/mol. The Morgan fingerprint density at radius 3 is 2.73 bits per heavy atom. The predicted octanol–water partition coefficient (Wildman–Crippen LogP) is 1.24. The number of carbonyl (C=O) groups is 4. The molecule has 0 bridgehead atoms. The minimum Gasteiger partial charge on any atom is -0.365 e. The molecule has 26 heavy (non-hydrogen) atoms. The van der Waals surface area contributed by atoms with Gasteiger partial charge in [0.25, 0.3) is 11.8 Å². The Bertz CT molecular complexity index is 786. The van der Waals surface area contributed by atoms with Crippen LogP contribution < -0.4 is 16.4 Å². The minimum absolute atomic E-state index is 0.240. The normalized spacial score (nSPS) is 19.0. The molecular formula is C17H22N4O4S. The van der Waals surface area contributed by atoms with Crippen molar-refractivity contribution >= 4 is 40.1 Å². The van der Waals surface area contributed by atoms with Crippen LogP contribution in [-0.2, 0) is 22.4 Å². The van der Waals surface area contributed by atoms with Crippen LogP contribution in [0.15, 0.2) is 0 Å². The molecule has 1 aromatic heterocycles. The number of primary amides is 1.